The Morgan fingerprint density at radius 2 is 1.81 bits per heavy atom. The predicted molar refractivity (Wildman–Crippen MR) is 119 cm³/mol. The standard InChI is InChI=1S/C26H22N2O4/c1-16-8-10-17(11-9-16)23-22(24(29)21-7-4-14-32-21)25(30)26(31)28(23)13-12-18-15-27-20-6-3-2-5-19(18)20/h2-11,14-15,22-23,27H,12-13H2,1H3. The van der Waals surface area contributed by atoms with Crippen LogP contribution in [-0.2, 0) is 16.0 Å². The van der Waals surface area contributed by atoms with Crippen LogP contribution in [0.2, 0.25) is 0 Å². The Morgan fingerprint density at radius 3 is 2.56 bits per heavy atom. The molecule has 6 nitrogen and oxygen atoms in total. The molecule has 1 aliphatic rings. The number of aryl methyl sites for hydroxylation is 1. The van der Waals surface area contributed by atoms with Crippen LogP contribution in [0, 0.1) is 12.8 Å². The molecule has 2 aromatic carbocycles. The number of aromatic nitrogens is 1. The molecule has 0 saturated carbocycles. The molecule has 1 amide bonds. The first-order valence-electron chi connectivity index (χ1n) is 10.6. The fraction of sp³-hybridized carbons (Fsp3) is 0.192. The Hall–Kier alpha value is -3.93. The predicted octanol–water partition coefficient (Wildman–Crippen LogP) is 4.26. The molecule has 2 atom stereocenters. The summed E-state index contributed by atoms with van der Waals surface area (Å²) in [7, 11) is 0. The molecule has 1 fully saturated rings. The summed E-state index contributed by atoms with van der Waals surface area (Å²) in [6.07, 6.45) is 3.89. The Morgan fingerprint density at radius 1 is 1.03 bits per heavy atom. The summed E-state index contributed by atoms with van der Waals surface area (Å²) in [4.78, 5) is 44.0. The van der Waals surface area contributed by atoms with Gasteiger partial charge in [-0.05, 0) is 42.7 Å². The largest absolute Gasteiger partial charge is 0.461 e. The number of carbonyl (C=O) groups excluding carboxylic acids is 3. The van der Waals surface area contributed by atoms with Gasteiger partial charge in [-0.25, -0.2) is 0 Å². The number of likely N-dealkylation sites (tertiary alicyclic amines) is 1. The molecule has 1 N–H and O–H groups in total. The van der Waals surface area contributed by atoms with Gasteiger partial charge in [0.15, 0.2) is 5.76 Å². The Bertz CT molecular complexity index is 1300. The lowest BCUT2D eigenvalue weighted by molar-refractivity contribution is -0.140. The number of aromatic amines is 1. The number of furan rings is 1. The van der Waals surface area contributed by atoms with Gasteiger partial charge in [0.05, 0.1) is 12.3 Å². The topological polar surface area (TPSA) is 83.4 Å². The number of Topliss-reactive ketones (excluding diaryl/α,β-unsaturated/α-hetero) is 2. The summed E-state index contributed by atoms with van der Waals surface area (Å²) in [5.74, 6) is -2.81. The van der Waals surface area contributed by atoms with E-state index in [2.05, 4.69) is 4.98 Å². The number of fused-ring (bicyclic) bond motifs is 1. The quantitative estimate of drug-likeness (QED) is 0.284. The number of nitrogens with one attached hydrogen (secondary N) is 1. The molecule has 4 aromatic rings. The van der Waals surface area contributed by atoms with Gasteiger partial charge >= 0.3 is 0 Å². The molecule has 0 aliphatic carbocycles. The van der Waals surface area contributed by atoms with Crippen molar-refractivity contribution in [3.63, 3.8) is 0 Å². The number of H-pyrrole nitrogens is 1. The van der Waals surface area contributed by atoms with Crippen molar-refractivity contribution in [1.82, 2.24) is 9.88 Å². The minimum Gasteiger partial charge on any atom is -0.461 e. The summed E-state index contributed by atoms with van der Waals surface area (Å²) >= 11 is 0. The maximum atomic E-state index is 13.2. The summed E-state index contributed by atoms with van der Waals surface area (Å²) < 4.78 is 5.26. The van der Waals surface area contributed by atoms with Crippen LogP contribution in [0.15, 0.2) is 77.5 Å². The molecule has 160 valence electrons. The minimum absolute atomic E-state index is 0.0896. The van der Waals surface area contributed by atoms with Crippen molar-refractivity contribution in [3.8, 4) is 0 Å². The highest BCUT2D eigenvalue weighted by atomic mass is 16.3. The SMILES string of the molecule is Cc1ccc(C2C(C(=O)c3ccco3)C(=O)C(=O)N2CCc2c[nH]c3ccccc23)cc1. The van der Waals surface area contributed by atoms with Crippen molar-refractivity contribution in [2.24, 2.45) is 5.92 Å². The fourth-order valence-corrected chi connectivity index (χ4v) is 4.51. The molecule has 6 heteroatoms. The third-order valence-corrected chi connectivity index (χ3v) is 6.17. The van der Waals surface area contributed by atoms with Crippen LogP contribution in [0.3, 0.4) is 0 Å². The number of ketones is 2. The molecular formula is C26H22N2O4. The average Bonchev–Trinajstić information content (AvgIpc) is 3.53. The van der Waals surface area contributed by atoms with E-state index in [-0.39, 0.29) is 5.76 Å². The second-order valence-corrected chi connectivity index (χ2v) is 8.15. The number of carbonyl (C=O) groups is 3. The van der Waals surface area contributed by atoms with E-state index >= 15 is 0 Å². The van der Waals surface area contributed by atoms with E-state index in [1.54, 1.807) is 11.0 Å². The van der Waals surface area contributed by atoms with Gasteiger partial charge in [0, 0.05) is 23.6 Å². The van der Waals surface area contributed by atoms with E-state index in [9.17, 15) is 14.4 Å². The lowest BCUT2D eigenvalue weighted by Gasteiger charge is -2.27. The first kappa shape index (κ1) is 20.0. The maximum Gasteiger partial charge on any atom is 0.291 e. The molecule has 1 aliphatic heterocycles. The van der Waals surface area contributed by atoms with Gasteiger partial charge < -0.3 is 14.3 Å². The molecule has 2 unspecified atom stereocenters. The third-order valence-electron chi connectivity index (χ3n) is 6.17. The molecule has 3 heterocycles. The zero-order chi connectivity index (χ0) is 22.2. The highest BCUT2D eigenvalue weighted by Gasteiger charge is 2.52. The number of hydrogen-bond acceptors (Lipinski definition) is 4. The zero-order valence-electron chi connectivity index (χ0n) is 17.6. The lowest BCUT2D eigenvalue weighted by Crippen LogP contribution is -2.32. The van der Waals surface area contributed by atoms with Gasteiger partial charge in [0.1, 0.15) is 5.92 Å². The van der Waals surface area contributed by atoms with Gasteiger partial charge in [-0.1, -0.05) is 48.0 Å². The molecule has 0 bridgehead atoms. The summed E-state index contributed by atoms with van der Waals surface area (Å²) in [5.41, 5.74) is 3.90. The van der Waals surface area contributed by atoms with E-state index in [4.69, 9.17) is 4.42 Å². The monoisotopic (exact) mass is 426 g/mol. The number of hydrogen-bond donors (Lipinski definition) is 1. The van der Waals surface area contributed by atoms with Crippen molar-refractivity contribution >= 4 is 28.4 Å². The normalized spacial score (nSPS) is 18.6. The average molecular weight is 426 g/mol. The van der Waals surface area contributed by atoms with Crippen LogP contribution in [-0.4, -0.2) is 33.9 Å². The number of amides is 1. The number of nitrogens with zero attached hydrogens (tertiary/aromatic N) is 1. The van der Waals surface area contributed by atoms with E-state index in [1.165, 1.54) is 12.3 Å². The highest BCUT2D eigenvalue weighted by molar-refractivity contribution is 6.43. The number of benzene rings is 2. The Balaban J connectivity index is 1.50. The third kappa shape index (κ3) is 3.34. The molecule has 5 rings (SSSR count). The second-order valence-electron chi connectivity index (χ2n) is 8.15. The summed E-state index contributed by atoms with van der Waals surface area (Å²) in [6.45, 7) is 2.29. The Kier molecular flexibility index (Phi) is 4.98. The van der Waals surface area contributed by atoms with E-state index in [0.29, 0.717) is 13.0 Å². The first-order valence-corrected chi connectivity index (χ1v) is 10.6. The van der Waals surface area contributed by atoms with Crippen molar-refractivity contribution in [2.45, 2.75) is 19.4 Å². The van der Waals surface area contributed by atoms with Gasteiger partial charge in [0.25, 0.3) is 5.91 Å². The van der Waals surface area contributed by atoms with Crippen molar-refractivity contribution in [3.05, 3.63) is 95.6 Å². The van der Waals surface area contributed by atoms with Crippen LogP contribution in [0.25, 0.3) is 10.9 Å². The lowest BCUT2D eigenvalue weighted by atomic mass is 9.88. The molecule has 0 radical (unpaired) electrons. The smallest absolute Gasteiger partial charge is 0.291 e. The highest BCUT2D eigenvalue weighted by Crippen LogP contribution is 2.38. The minimum atomic E-state index is -1.13. The summed E-state index contributed by atoms with van der Waals surface area (Å²) in [5, 5.41) is 1.08. The van der Waals surface area contributed by atoms with Crippen molar-refractivity contribution in [2.75, 3.05) is 6.54 Å². The van der Waals surface area contributed by atoms with Crippen molar-refractivity contribution < 1.29 is 18.8 Å². The van der Waals surface area contributed by atoms with Crippen LogP contribution in [0.4, 0.5) is 0 Å². The van der Waals surface area contributed by atoms with Gasteiger partial charge in [-0.2, -0.15) is 0 Å². The molecule has 1 saturated heterocycles. The van der Waals surface area contributed by atoms with Crippen LogP contribution in [0.1, 0.15) is 33.3 Å². The van der Waals surface area contributed by atoms with Crippen molar-refractivity contribution in [1.29, 1.82) is 0 Å². The fourth-order valence-electron chi connectivity index (χ4n) is 4.51. The Labute approximate surface area is 184 Å². The molecular weight excluding hydrogens is 404 g/mol. The zero-order valence-corrected chi connectivity index (χ0v) is 17.6. The number of rotatable bonds is 6. The van der Waals surface area contributed by atoms with Crippen LogP contribution >= 0.6 is 0 Å². The van der Waals surface area contributed by atoms with Crippen LogP contribution < -0.4 is 0 Å². The molecule has 32 heavy (non-hydrogen) atoms. The molecule has 2 aromatic heterocycles. The first-order chi connectivity index (χ1) is 15.5. The van der Waals surface area contributed by atoms with Crippen LogP contribution in [0.5, 0.6) is 0 Å². The van der Waals surface area contributed by atoms with E-state index in [0.717, 1.165) is 27.6 Å². The van der Waals surface area contributed by atoms with Gasteiger partial charge in [-0.15, -0.1) is 0 Å². The second kappa shape index (κ2) is 7.96. The summed E-state index contributed by atoms with van der Waals surface area (Å²) in [6, 6.07) is 18.0. The van der Waals surface area contributed by atoms with E-state index < -0.39 is 29.4 Å². The van der Waals surface area contributed by atoms with Gasteiger partial charge in [0.2, 0.25) is 11.6 Å². The van der Waals surface area contributed by atoms with Gasteiger partial charge in [-0.3, -0.25) is 14.4 Å². The van der Waals surface area contributed by atoms with E-state index in [1.807, 2.05) is 61.7 Å². The molecule has 0 spiro atoms. The number of para-hydroxylation sites is 1. The maximum absolute atomic E-state index is 13.2.